The van der Waals surface area contributed by atoms with E-state index in [1.165, 1.54) is 11.1 Å². The Morgan fingerprint density at radius 2 is 2.21 bits per heavy atom. The number of hydrogen-bond acceptors (Lipinski definition) is 3. The minimum atomic E-state index is 0.293. The molecule has 0 amide bonds. The van der Waals surface area contributed by atoms with E-state index >= 15 is 0 Å². The summed E-state index contributed by atoms with van der Waals surface area (Å²) in [5.74, 6) is 1.12. The second kappa shape index (κ2) is 4.88. The summed E-state index contributed by atoms with van der Waals surface area (Å²) >= 11 is 0. The average Bonchev–Trinajstić information content (AvgIpc) is 2.92. The number of fused-ring (bicyclic) bond motifs is 1. The molecule has 0 radical (unpaired) electrons. The fourth-order valence-corrected chi connectivity index (χ4v) is 2.65. The highest BCUT2D eigenvalue weighted by Crippen LogP contribution is 2.32. The fraction of sp³-hybridized carbons (Fsp3) is 0.333. The van der Waals surface area contributed by atoms with Crippen molar-refractivity contribution in [2.45, 2.75) is 25.8 Å². The SMILES string of the molecule is CCC1=Nc2ccccc2CC(c2cn[nH]c2)N1C. The number of hydrogen-bond donors (Lipinski definition) is 1. The molecule has 98 valence electrons. The summed E-state index contributed by atoms with van der Waals surface area (Å²) in [7, 11) is 2.12. The van der Waals surface area contributed by atoms with Crippen molar-refractivity contribution in [1.29, 1.82) is 0 Å². The highest BCUT2D eigenvalue weighted by molar-refractivity contribution is 5.86. The lowest BCUT2D eigenvalue weighted by molar-refractivity contribution is 0.370. The summed E-state index contributed by atoms with van der Waals surface area (Å²) in [5.41, 5.74) is 3.60. The van der Waals surface area contributed by atoms with Crippen molar-refractivity contribution in [3.05, 3.63) is 47.8 Å². The molecular weight excluding hydrogens is 236 g/mol. The molecule has 0 saturated carbocycles. The van der Waals surface area contributed by atoms with E-state index in [0.717, 1.165) is 24.4 Å². The molecule has 1 aromatic carbocycles. The van der Waals surface area contributed by atoms with Crippen molar-refractivity contribution in [3.8, 4) is 0 Å². The molecule has 1 atom stereocenters. The van der Waals surface area contributed by atoms with Crippen LogP contribution in [0, 0.1) is 0 Å². The van der Waals surface area contributed by atoms with E-state index in [9.17, 15) is 0 Å². The monoisotopic (exact) mass is 254 g/mol. The minimum Gasteiger partial charge on any atom is -0.356 e. The molecule has 19 heavy (non-hydrogen) atoms. The first kappa shape index (κ1) is 12.0. The van der Waals surface area contributed by atoms with E-state index < -0.39 is 0 Å². The zero-order chi connectivity index (χ0) is 13.2. The number of nitrogens with zero attached hydrogens (tertiary/aromatic N) is 3. The molecule has 0 fully saturated rings. The molecule has 0 spiro atoms. The Hall–Kier alpha value is -2.10. The Labute approximate surface area is 113 Å². The number of aliphatic imine (C=N–C) groups is 1. The quantitative estimate of drug-likeness (QED) is 0.895. The molecule has 4 nitrogen and oxygen atoms in total. The van der Waals surface area contributed by atoms with Gasteiger partial charge in [-0.25, -0.2) is 4.99 Å². The molecule has 1 N–H and O–H groups in total. The maximum atomic E-state index is 4.81. The van der Waals surface area contributed by atoms with Gasteiger partial charge in [0.1, 0.15) is 5.84 Å². The zero-order valence-corrected chi connectivity index (χ0v) is 11.3. The van der Waals surface area contributed by atoms with Crippen LogP contribution in [-0.4, -0.2) is 28.0 Å². The Morgan fingerprint density at radius 1 is 1.37 bits per heavy atom. The highest BCUT2D eigenvalue weighted by atomic mass is 15.2. The van der Waals surface area contributed by atoms with E-state index in [1.54, 1.807) is 0 Å². The van der Waals surface area contributed by atoms with Crippen molar-refractivity contribution >= 4 is 11.5 Å². The summed E-state index contributed by atoms with van der Waals surface area (Å²) in [6.45, 7) is 2.15. The van der Waals surface area contributed by atoms with Crippen LogP contribution in [0.5, 0.6) is 0 Å². The first-order valence-corrected chi connectivity index (χ1v) is 6.66. The largest absolute Gasteiger partial charge is 0.356 e. The Balaban J connectivity index is 2.08. The van der Waals surface area contributed by atoms with E-state index in [1.807, 2.05) is 18.5 Å². The van der Waals surface area contributed by atoms with Gasteiger partial charge in [0.05, 0.1) is 17.9 Å². The van der Waals surface area contributed by atoms with Crippen LogP contribution in [0.4, 0.5) is 5.69 Å². The van der Waals surface area contributed by atoms with Crippen molar-refractivity contribution < 1.29 is 0 Å². The van der Waals surface area contributed by atoms with Crippen molar-refractivity contribution in [1.82, 2.24) is 15.1 Å². The van der Waals surface area contributed by atoms with Crippen molar-refractivity contribution in [3.63, 3.8) is 0 Å². The van der Waals surface area contributed by atoms with Crippen LogP contribution in [0.15, 0.2) is 41.7 Å². The number of nitrogens with one attached hydrogen (secondary N) is 1. The smallest absolute Gasteiger partial charge is 0.105 e. The average molecular weight is 254 g/mol. The maximum Gasteiger partial charge on any atom is 0.105 e. The van der Waals surface area contributed by atoms with E-state index in [2.05, 4.69) is 47.3 Å². The second-order valence-corrected chi connectivity index (χ2v) is 4.87. The van der Waals surface area contributed by atoms with Gasteiger partial charge >= 0.3 is 0 Å². The molecule has 3 rings (SSSR count). The number of para-hydroxylation sites is 1. The molecule has 2 heterocycles. The third-order valence-electron chi connectivity index (χ3n) is 3.75. The third kappa shape index (κ3) is 2.14. The first-order valence-electron chi connectivity index (χ1n) is 6.66. The van der Waals surface area contributed by atoms with Crippen LogP contribution in [-0.2, 0) is 6.42 Å². The van der Waals surface area contributed by atoms with E-state index in [-0.39, 0.29) is 0 Å². The van der Waals surface area contributed by atoms with Gasteiger partial charge in [0.15, 0.2) is 0 Å². The van der Waals surface area contributed by atoms with Gasteiger partial charge in [-0.15, -0.1) is 0 Å². The van der Waals surface area contributed by atoms with Gasteiger partial charge < -0.3 is 4.90 Å². The lowest BCUT2D eigenvalue weighted by Gasteiger charge is -2.28. The van der Waals surface area contributed by atoms with Gasteiger partial charge in [-0.3, -0.25) is 5.10 Å². The van der Waals surface area contributed by atoms with E-state index in [4.69, 9.17) is 4.99 Å². The normalized spacial score (nSPS) is 18.7. The number of rotatable bonds is 2. The van der Waals surface area contributed by atoms with Crippen LogP contribution in [0.1, 0.15) is 30.5 Å². The maximum absolute atomic E-state index is 4.81. The van der Waals surface area contributed by atoms with Gasteiger partial charge in [0, 0.05) is 25.2 Å². The summed E-state index contributed by atoms with van der Waals surface area (Å²) < 4.78 is 0. The van der Waals surface area contributed by atoms with Crippen LogP contribution >= 0.6 is 0 Å². The predicted molar refractivity (Wildman–Crippen MR) is 76.6 cm³/mol. The second-order valence-electron chi connectivity index (χ2n) is 4.87. The van der Waals surface area contributed by atoms with Gasteiger partial charge in [-0.2, -0.15) is 5.10 Å². The third-order valence-corrected chi connectivity index (χ3v) is 3.75. The number of amidine groups is 1. The number of aromatic nitrogens is 2. The molecule has 0 saturated heterocycles. The molecule has 1 aliphatic heterocycles. The summed E-state index contributed by atoms with van der Waals surface area (Å²) in [6.07, 6.45) is 5.77. The first-order chi connectivity index (χ1) is 9.29. The molecular formula is C15H18N4. The number of aromatic amines is 1. The molecule has 2 aromatic rings. The standard InChI is InChI=1S/C15H18N4/c1-3-15-18-13-7-5-4-6-11(13)8-14(19(15)2)12-9-16-17-10-12/h4-7,9-10,14H,3,8H2,1-2H3,(H,16,17). The zero-order valence-electron chi connectivity index (χ0n) is 11.3. The summed E-state index contributed by atoms with van der Waals surface area (Å²) in [6, 6.07) is 8.68. The van der Waals surface area contributed by atoms with Crippen LogP contribution in [0.3, 0.4) is 0 Å². The predicted octanol–water partition coefficient (Wildman–Crippen LogP) is 3.08. The number of benzene rings is 1. The van der Waals surface area contributed by atoms with Crippen LogP contribution in [0.2, 0.25) is 0 Å². The van der Waals surface area contributed by atoms with Gasteiger partial charge in [-0.05, 0) is 18.1 Å². The summed E-state index contributed by atoms with van der Waals surface area (Å²) in [5, 5.41) is 6.99. The number of likely N-dealkylation sites (N-methyl/N-ethyl adjacent to an activating group) is 1. The molecule has 4 heteroatoms. The lowest BCUT2D eigenvalue weighted by atomic mass is 9.99. The Kier molecular flexibility index (Phi) is 3.07. The highest BCUT2D eigenvalue weighted by Gasteiger charge is 2.24. The van der Waals surface area contributed by atoms with Crippen LogP contribution in [0.25, 0.3) is 0 Å². The molecule has 0 bridgehead atoms. The van der Waals surface area contributed by atoms with Gasteiger partial charge in [0.25, 0.3) is 0 Å². The van der Waals surface area contributed by atoms with Crippen molar-refractivity contribution in [2.75, 3.05) is 7.05 Å². The Morgan fingerprint density at radius 3 is 2.95 bits per heavy atom. The molecule has 0 aliphatic carbocycles. The number of H-pyrrole nitrogens is 1. The molecule has 1 aromatic heterocycles. The summed E-state index contributed by atoms with van der Waals surface area (Å²) in [4.78, 5) is 7.08. The minimum absolute atomic E-state index is 0.293. The van der Waals surface area contributed by atoms with E-state index in [0.29, 0.717) is 6.04 Å². The molecule has 1 aliphatic rings. The molecule has 1 unspecified atom stereocenters. The van der Waals surface area contributed by atoms with Gasteiger partial charge in [0.2, 0.25) is 0 Å². The topological polar surface area (TPSA) is 44.3 Å². The lowest BCUT2D eigenvalue weighted by Crippen LogP contribution is -2.30. The van der Waals surface area contributed by atoms with Crippen molar-refractivity contribution in [2.24, 2.45) is 4.99 Å². The fourth-order valence-electron chi connectivity index (χ4n) is 2.65. The van der Waals surface area contributed by atoms with Crippen LogP contribution < -0.4 is 0 Å². The Bertz CT molecular complexity index is 586. The van der Waals surface area contributed by atoms with Gasteiger partial charge in [-0.1, -0.05) is 25.1 Å².